The van der Waals surface area contributed by atoms with E-state index in [0.717, 1.165) is 17.8 Å². The van der Waals surface area contributed by atoms with E-state index in [4.69, 9.17) is 0 Å². The molecule has 0 bridgehead atoms. The lowest BCUT2D eigenvalue weighted by molar-refractivity contribution is -0.137. The number of hydrogen-bond acceptors (Lipinski definition) is 5. The molecular weight excluding hydrogens is 335 g/mol. The van der Waals surface area contributed by atoms with Gasteiger partial charge in [0, 0.05) is 18.8 Å². The van der Waals surface area contributed by atoms with Crippen LogP contribution in [0.15, 0.2) is 47.6 Å². The van der Waals surface area contributed by atoms with Crippen LogP contribution >= 0.6 is 0 Å². The molecule has 3 rings (SSSR count). The molecule has 6 nitrogen and oxygen atoms in total. The molecule has 0 saturated heterocycles. The van der Waals surface area contributed by atoms with Gasteiger partial charge in [-0.05, 0) is 29.8 Å². The summed E-state index contributed by atoms with van der Waals surface area (Å²) in [5.41, 5.74) is 6.71. The van der Waals surface area contributed by atoms with Gasteiger partial charge in [0.25, 0.3) is 0 Å². The van der Waals surface area contributed by atoms with Crippen molar-refractivity contribution < 1.29 is 18.0 Å². The van der Waals surface area contributed by atoms with Gasteiger partial charge < -0.3 is 10.7 Å². The Morgan fingerprint density at radius 3 is 2.44 bits per heavy atom. The van der Waals surface area contributed by atoms with Crippen LogP contribution < -0.4 is 16.2 Å². The van der Waals surface area contributed by atoms with E-state index < -0.39 is 17.9 Å². The monoisotopic (exact) mass is 349 g/mol. The van der Waals surface area contributed by atoms with Crippen LogP contribution in [-0.4, -0.2) is 16.7 Å². The second-order valence-electron chi connectivity index (χ2n) is 5.38. The second-order valence-corrected chi connectivity index (χ2v) is 5.38. The zero-order valence-corrected chi connectivity index (χ0v) is 13.1. The number of hydrazine groups is 1. The first kappa shape index (κ1) is 16.9. The molecule has 1 atom stereocenters. The summed E-state index contributed by atoms with van der Waals surface area (Å²) in [4.78, 5) is 19.2. The summed E-state index contributed by atoms with van der Waals surface area (Å²) in [6.45, 7) is 1.42. The SMILES string of the molecule is CC(=O)Nc1ccc([C@@H]2N=C(c3ccc(C(F)(F)F)cn3)NN2)cc1. The Hall–Kier alpha value is -2.94. The predicted molar refractivity (Wildman–Crippen MR) is 85.5 cm³/mol. The highest BCUT2D eigenvalue weighted by atomic mass is 19.4. The maximum absolute atomic E-state index is 12.6. The molecule has 25 heavy (non-hydrogen) atoms. The zero-order valence-electron chi connectivity index (χ0n) is 13.1. The van der Waals surface area contributed by atoms with Crippen LogP contribution in [0.5, 0.6) is 0 Å². The van der Waals surface area contributed by atoms with Gasteiger partial charge in [-0.15, -0.1) is 0 Å². The Bertz CT molecular complexity index is 800. The summed E-state index contributed by atoms with van der Waals surface area (Å²) in [6, 6.07) is 9.28. The van der Waals surface area contributed by atoms with E-state index in [2.05, 4.69) is 26.1 Å². The van der Waals surface area contributed by atoms with E-state index in [1.165, 1.54) is 13.0 Å². The summed E-state index contributed by atoms with van der Waals surface area (Å²) in [5.74, 6) is 0.187. The molecule has 0 unspecified atom stereocenters. The molecule has 1 aliphatic heterocycles. The molecule has 0 radical (unpaired) electrons. The fourth-order valence-corrected chi connectivity index (χ4v) is 2.27. The largest absolute Gasteiger partial charge is 0.417 e. The van der Waals surface area contributed by atoms with Gasteiger partial charge in [0.2, 0.25) is 5.91 Å². The molecule has 130 valence electrons. The van der Waals surface area contributed by atoms with Crippen LogP contribution in [-0.2, 0) is 11.0 Å². The Labute approximate surface area is 141 Å². The number of rotatable bonds is 3. The number of benzene rings is 1. The van der Waals surface area contributed by atoms with Gasteiger partial charge in [-0.1, -0.05) is 12.1 Å². The number of carbonyl (C=O) groups is 1. The van der Waals surface area contributed by atoms with Crippen LogP contribution in [0.2, 0.25) is 0 Å². The van der Waals surface area contributed by atoms with Crippen LogP contribution in [0.25, 0.3) is 0 Å². The van der Waals surface area contributed by atoms with Gasteiger partial charge in [0.15, 0.2) is 5.84 Å². The number of amides is 1. The number of pyridine rings is 1. The Morgan fingerprint density at radius 2 is 1.88 bits per heavy atom. The first-order chi connectivity index (χ1) is 11.8. The Balaban J connectivity index is 1.75. The topological polar surface area (TPSA) is 78.4 Å². The van der Waals surface area contributed by atoms with Gasteiger partial charge in [-0.3, -0.25) is 9.78 Å². The van der Waals surface area contributed by atoms with Gasteiger partial charge in [-0.25, -0.2) is 10.4 Å². The van der Waals surface area contributed by atoms with Crippen LogP contribution in [0.4, 0.5) is 18.9 Å². The third kappa shape index (κ3) is 3.94. The molecule has 9 heteroatoms. The quantitative estimate of drug-likeness (QED) is 0.796. The number of anilines is 1. The van der Waals surface area contributed by atoms with Gasteiger partial charge in [0.05, 0.1) is 5.56 Å². The molecule has 0 spiro atoms. The molecule has 1 aromatic carbocycles. The molecule has 0 aliphatic carbocycles. The van der Waals surface area contributed by atoms with Crippen LogP contribution in [0.3, 0.4) is 0 Å². The van der Waals surface area contributed by atoms with E-state index in [0.29, 0.717) is 17.2 Å². The molecule has 0 fully saturated rings. The Morgan fingerprint density at radius 1 is 1.16 bits per heavy atom. The van der Waals surface area contributed by atoms with E-state index in [9.17, 15) is 18.0 Å². The summed E-state index contributed by atoms with van der Waals surface area (Å²) in [7, 11) is 0. The van der Waals surface area contributed by atoms with Crippen LogP contribution in [0.1, 0.15) is 29.9 Å². The lowest BCUT2D eigenvalue weighted by atomic mass is 10.1. The lowest BCUT2D eigenvalue weighted by Gasteiger charge is -2.08. The maximum Gasteiger partial charge on any atom is 0.417 e. The highest BCUT2D eigenvalue weighted by Crippen LogP contribution is 2.28. The van der Waals surface area contributed by atoms with E-state index in [1.807, 2.05) is 0 Å². The van der Waals surface area contributed by atoms with Gasteiger partial charge in [-0.2, -0.15) is 13.2 Å². The van der Waals surface area contributed by atoms with Gasteiger partial charge in [0.1, 0.15) is 11.9 Å². The number of carbonyl (C=O) groups excluding carboxylic acids is 1. The number of alkyl halides is 3. The molecule has 2 aromatic rings. The predicted octanol–water partition coefficient (Wildman–Crippen LogP) is 2.61. The summed E-state index contributed by atoms with van der Waals surface area (Å²) >= 11 is 0. The number of aliphatic imine (C=N–C) groups is 1. The van der Waals surface area contributed by atoms with Crippen molar-refractivity contribution in [2.75, 3.05) is 5.32 Å². The van der Waals surface area contributed by atoms with Crippen molar-refractivity contribution in [3.8, 4) is 0 Å². The van der Waals surface area contributed by atoms with Crippen molar-refractivity contribution in [1.29, 1.82) is 0 Å². The fourth-order valence-electron chi connectivity index (χ4n) is 2.27. The number of nitrogens with one attached hydrogen (secondary N) is 3. The molecule has 3 N–H and O–H groups in total. The number of hydrogen-bond donors (Lipinski definition) is 3. The minimum Gasteiger partial charge on any atom is -0.326 e. The summed E-state index contributed by atoms with van der Waals surface area (Å²) in [5, 5.41) is 2.66. The summed E-state index contributed by atoms with van der Waals surface area (Å²) in [6.07, 6.45) is -4.06. The summed E-state index contributed by atoms with van der Waals surface area (Å²) < 4.78 is 37.7. The zero-order chi connectivity index (χ0) is 18.0. The van der Waals surface area contributed by atoms with Crippen molar-refractivity contribution in [3.63, 3.8) is 0 Å². The number of halogens is 3. The first-order valence-corrected chi connectivity index (χ1v) is 7.33. The third-order valence-electron chi connectivity index (χ3n) is 3.47. The Kier molecular flexibility index (Phi) is 4.41. The van der Waals surface area contributed by atoms with E-state index >= 15 is 0 Å². The standard InChI is InChI=1S/C16H14F3N5O/c1-9(25)21-12-5-2-10(3-6-12)14-22-15(24-23-14)13-7-4-11(8-20-13)16(17,18)19/h2-8,14,23H,1H3,(H,21,25)(H,22,24)/t14-/m1/s1. The normalized spacial score (nSPS) is 17.0. The van der Waals surface area contributed by atoms with E-state index in [1.54, 1.807) is 24.3 Å². The smallest absolute Gasteiger partial charge is 0.326 e. The molecular formula is C16H14F3N5O. The second kappa shape index (κ2) is 6.52. The van der Waals surface area contributed by atoms with Crippen LogP contribution in [0, 0.1) is 0 Å². The minimum atomic E-state index is -4.42. The molecule has 1 aromatic heterocycles. The number of amidine groups is 1. The highest BCUT2D eigenvalue weighted by Gasteiger charge is 2.31. The third-order valence-corrected chi connectivity index (χ3v) is 3.47. The average Bonchev–Trinajstić information content (AvgIpc) is 3.04. The van der Waals surface area contributed by atoms with Crippen molar-refractivity contribution in [3.05, 3.63) is 59.4 Å². The maximum atomic E-state index is 12.6. The van der Waals surface area contributed by atoms with Crippen molar-refractivity contribution >= 4 is 17.4 Å². The lowest BCUT2D eigenvalue weighted by Crippen LogP contribution is -2.32. The van der Waals surface area contributed by atoms with Crippen molar-refractivity contribution in [1.82, 2.24) is 15.8 Å². The van der Waals surface area contributed by atoms with E-state index in [-0.39, 0.29) is 5.91 Å². The first-order valence-electron chi connectivity index (χ1n) is 7.33. The minimum absolute atomic E-state index is 0.165. The average molecular weight is 349 g/mol. The van der Waals surface area contributed by atoms with Gasteiger partial charge >= 0.3 is 6.18 Å². The number of aromatic nitrogens is 1. The fraction of sp³-hybridized carbons (Fsp3) is 0.188. The molecule has 1 amide bonds. The molecule has 0 saturated carbocycles. The molecule has 2 heterocycles. The van der Waals surface area contributed by atoms with Crippen molar-refractivity contribution in [2.24, 2.45) is 4.99 Å². The highest BCUT2D eigenvalue weighted by molar-refractivity contribution is 5.97. The number of nitrogens with zero attached hydrogens (tertiary/aromatic N) is 2. The van der Waals surface area contributed by atoms with Crippen molar-refractivity contribution in [2.45, 2.75) is 19.3 Å². The molecule has 1 aliphatic rings.